The molecular formula is C17H21N3O. The fourth-order valence-electron chi connectivity index (χ4n) is 2.26. The van der Waals surface area contributed by atoms with E-state index in [-0.39, 0.29) is 0 Å². The molecule has 4 heteroatoms. The standard InChI is InChI=1S/C17H21N3O/c1-11-6-7-13(9-14(11)18)21-17-10-16(20(4)5)12(2)8-15(17)19-3/h6,8-10,18H,3,7H2,1-2,4-5H3. The lowest BCUT2D eigenvalue weighted by atomic mass is 10.0. The van der Waals surface area contributed by atoms with Crippen LogP contribution in [0.15, 0.2) is 40.6 Å². The van der Waals surface area contributed by atoms with Gasteiger partial charge in [-0.3, -0.25) is 4.99 Å². The summed E-state index contributed by atoms with van der Waals surface area (Å²) in [5.41, 5.74) is 4.38. The van der Waals surface area contributed by atoms with Gasteiger partial charge in [0.2, 0.25) is 0 Å². The van der Waals surface area contributed by atoms with Gasteiger partial charge in [-0.25, -0.2) is 0 Å². The summed E-state index contributed by atoms with van der Waals surface area (Å²) in [4.78, 5) is 6.08. The van der Waals surface area contributed by atoms with E-state index in [4.69, 9.17) is 10.1 Å². The first-order valence-electron chi connectivity index (χ1n) is 6.85. The van der Waals surface area contributed by atoms with Gasteiger partial charge in [0.1, 0.15) is 11.4 Å². The van der Waals surface area contributed by atoms with Crippen molar-refractivity contribution in [2.45, 2.75) is 20.3 Å². The number of hydrogen-bond donors (Lipinski definition) is 1. The second kappa shape index (κ2) is 5.95. The Balaban J connectivity index is 2.35. The smallest absolute Gasteiger partial charge is 0.154 e. The van der Waals surface area contributed by atoms with E-state index in [1.54, 1.807) is 6.08 Å². The highest BCUT2D eigenvalue weighted by Gasteiger charge is 2.13. The van der Waals surface area contributed by atoms with Crippen LogP contribution in [-0.4, -0.2) is 26.5 Å². The van der Waals surface area contributed by atoms with Crippen molar-refractivity contribution in [2.75, 3.05) is 19.0 Å². The Kier molecular flexibility index (Phi) is 4.26. The molecule has 0 amide bonds. The zero-order valence-corrected chi connectivity index (χ0v) is 13.0. The zero-order valence-electron chi connectivity index (χ0n) is 13.0. The monoisotopic (exact) mass is 283 g/mol. The van der Waals surface area contributed by atoms with Gasteiger partial charge in [-0.15, -0.1) is 0 Å². The quantitative estimate of drug-likeness (QED) is 0.848. The molecule has 0 atom stereocenters. The summed E-state index contributed by atoms with van der Waals surface area (Å²) in [5, 5.41) is 7.87. The first-order valence-corrected chi connectivity index (χ1v) is 6.85. The number of anilines is 1. The second-order valence-corrected chi connectivity index (χ2v) is 5.38. The Morgan fingerprint density at radius 3 is 2.57 bits per heavy atom. The van der Waals surface area contributed by atoms with Crippen molar-refractivity contribution in [1.29, 1.82) is 5.41 Å². The number of rotatable bonds is 4. The summed E-state index contributed by atoms with van der Waals surface area (Å²) in [6.45, 7) is 7.58. The first-order chi connectivity index (χ1) is 9.92. The third-order valence-corrected chi connectivity index (χ3v) is 3.51. The van der Waals surface area contributed by atoms with E-state index < -0.39 is 0 Å². The van der Waals surface area contributed by atoms with E-state index in [9.17, 15) is 0 Å². The first kappa shape index (κ1) is 15.0. The van der Waals surface area contributed by atoms with E-state index in [1.165, 1.54) is 0 Å². The van der Waals surface area contributed by atoms with Gasteiger partial charge >= 0.3 is 0 Å². The van der Waals surface area contributed by atoms with E-state index in [1.807, 2.05) is 51.1 Å². The van der Waals surface area contributed by atoms with Crippen LogP contribution < -0.4 is 9.64 Å². The van der Waals surface area contributed by atoms with Gasteiger partial charge in [0.25, 0.3) is 0 Å². The average molecular weight is 283 g/mol. The third kappa shape index (κ3) is 3.21. The molecule has 0 spiro atoms. The van der Waals surface area contributed by atoms with Crippen LogP contribution >= 0.6 is 0 Å². The number of hydrogen-bond acceptors (Lipinski definition) is 4. The van der Waals surface area contributed by atoms with Crippen LogP contribution in [0.1, 0.15) is 18.9 Å². The lowest BCUT2D eigenvalue weighted by molar-refractivity contribution is 0.417. The molecule has 0 saturated heterocycles. The van der Waals surface area contributed by atoms with Gasteiger partial charge in [-0.05, 0) is 37.8 Å². The van der Waals surface area contributed by atoms with Crippen LogP contribution in [0.25, 0.3) is 0 Å². The Hall–Kier alpha value is -2.36. The predicted molar refractivity (Wildman–Crippen MR) is 89.5 cm³/mol. The molecule has 1 aliphatic carbocycles. The minimum Gasteiger partial charge on any atom is -0.459 e. The molecule has 0 saturated carbocycles. The average Bonchev–Trinajstić information content (AvgIpc) is 2.44. The van der Waals surface area contributed by atoms with Crippen molar-refractivity contribution >= 4 is 23.8 Å². The largest absolute Gasteiger partial charge is 0.459 e. The van der Waals surface area contributed by atoms with Gasteiger partial charge < -0.3 is 15.0 Å². The minimum absolute atomic E-state index is 0.490. The maximum atomic E-state index is 7.87. The fraction of sp³-hybridized carbons (Fsp3) is 0.294. The zero-order chi connectivity index (χ0) is 15.6. The highest BCUT2D eigenvalue weighted by Crippen LogP contribution is 2.36. The van der Waals surface area contributed by atoms with Crippen LogP contribution in [0.4, 0.5) is 11.4 Å². The van der Waals surface area contributed by atoms with Gasteiger partial charge in [-0.1, -0.05) is 6.08 Å². The van der Waals surface area contributed by atoms with Crippen LogP contribution in [0, 0.1) is 12.3 Å². The van der Waals surface area contributed by atoms with E-state index in [0.717, 1.165) is 28.3 Å². The number of aryl methyl sites for hydroxylation is 1. The summed E-state index contributed by atoms with van der Waals surface area (Å²) in [5.74, 6) is 1.43. The number of allylic oxidation sites excluding steroid dienone is 3. The van der Waals surface area contributed by atoms with Crippen LogP contribution in [0.3, 0.4) is 0 Å². The van der Waals surface area contributed by atoms with Crippen LogP contribution in [0.5, 0.6) is 5.75 Å². The third-order valence-electron chi connectivity index (χ3n) is 3.51. The van der Waals surface area contributed by atoms with Gasteiger partial charge in [0.05, 0.1) is 5.71 Å². The SMILES string of the molecule is C=Nc1cc(C)c(N(C)C)cc1OC1=CC(=N)C(C)=CC1. The Morgan fingerprint density at radius 2 is 2.00 bits per heavy atom. The molecular weight excluding hydrogens is 262 g/mol. The summed E-state index contributed by atoms with van der Waals surface area (Å²) < 4.78 is 5.96. The highest BCUT2D eigenvalue weighted by atomic mass is 16.5. The van der Waals surface area contributed by atoms with Crippen LogP contribution in [-0.2, 0) is 0 Å². The van der Waals surface area contributed by atoms with Crippen molar-refractivity contribution in [3.8, 4) is 5.75 Å². The van der Waals surface area contributed by atoms with Crippen molar-refractivity contribution in [2.24, 2.45) is 4.99 Å². The van der Waals surface area contributed by atoms with Crippen molar-refractivity contribution in [1.82, 2.24) is 0 Å². The number of nitrogens with zero attached hydrogens (tertiary/aromatic N) is 2. The van der Waals surface area contributed by atoms with E-state index >= 15 is 0 Å². The van der Waals surface area contributed by atoms with Gasteiger partial charge in [-0.2, -0.15) is 0 Å². The van der Waals surface area contributed by atoms with Crippen molar-refractivity contribution < 1.29 is 4.74 Å². The van der Waals surface area contributed by atoms with Gasteiger partial charge in [0.15, 0.2) is 5.75 Å². The molecule has 2 rings (SSSR count). The molecule has 21 heavy (non-hydrogen) atoms. The molecule has 0 radical (unpaired) electrons. The second-order valence-electron chi connectivity index (χ2n) is 5.38. The molecule has 0 aromatic heterocycles. The maximum Gasteiger partial charge on any atom is 0.154 e. The number of aliphatic imine (C=N–C) groups is 1. The van der Waals surface area contributed by atoms with E-state index in [2.05, 4.69) is 11.7 Å². The summed E-state index contributed by atoms with van der Waals surface area (Å²) in [7, 11) is 3.99. The Labute approximate surface area is 126 Å². The molecule has 0 heterocycles. The molecule has 1 N–H and O–H groups in total. The molecule has 1 aliphatic rings. The van der Waals surface area contributed by atoms with Crippen molar-refractivity contribution in [3.05, 3.63) is 41.2 Å². The molecule has 0 bridgehead atoms. The minimum atomic E-state index is 0.490. The normalized spacial score (nSPS) is 14.4. The molecule has 0 unspecified atom stereocenters. The maximum absolute atomic E-state index is 7.87. The Bertz CT molecular complexity index is 654. The lowest BCUT2D eigenvalue weighted by Crippen LogP contribution is -2.11. The fourth-order valence-corrected chi connectivity index (χ4v) is 2.26. The highest BCUT2D eigenvalue weighted by molar-refractivity contribution is 6.06. The van der Waals surface area contributed by atoms with Crippen molar-refractivity contribution in [3.63, 3.8) is 0 Å². The summed E-state index contributed by atoms with van der Waals surface area (Å²) >= 11 is 0. The molecule has 1 aromatic rings. The molecule has 0 aliphatic heterocycles. The summed E-state index contributed by atoms with van der Waals surface area (Å²) in [6, 6.07) is 3.93. The lowest BCUT2D eigenvalue weighted by Gasteiger charge is -2.20. The molecule has 0 fully saturated rings. The molecule has 110 valence electrons. The number of nitrogens with one attached hydrogen (secondary N) is 1. The predicted octanol–water partition coefficient (Wildman–Crippen LogP) is 4.03. The summed E-state index contributed by atoms with van der Waals surface area (Å²) in [6.07, 6.45) is 4.45. The Morgan fingerprint density at radius 1 is 1.29 bits per heavy atom. The topological polar surface area (TPSA) is 48.7 Å². The van der Waals surface area contributed by atoms with Gasteiger partial charge in [0, 0.05) is 38.3 Å². The molecule has 4 nitrogen and oxygen atoms in total. The number of benzene rings is 1. The van der Waals surface area contributed by atoms with Crippen LogP contribution in [0.2, 0.25) is 0 Å². The molecule has 1 aromatic carbocycles. The van der Waals surface area contributed by atoms with E-state index in [0.29, 0.717) is 17.9 Å². The number of ether oxygens (including phenoxy) is 1.